The highest BCUT2D eigenvalue weighted by Gasteiger charge is 2.29. The fourth-order valence-corrected chi connectivity index (χ4v) is 4.38. The average Bonchev–Trinajstić information content (AvgIpc) is 3.58. The third kappa shape index (κ3) is 6.47. The minimum absolute atomic E-state index is 0.303. The summed E-state index contributed by atoms with van der Waals surface area (Å²) in [4.78, 5) is 12.3. The molecule has 0 aromatic carbocycles. The highest BCUT2D eigenvalue weighted by molar-refractivity contribution is 7.90. The molecule has 0 radical (unpaired) electrons. The zero-order chi connectivity index (χ0) is 20.6. The van der Waals surface area contributed by atoms with Gasteiger partial charge in [-0.25, -0.2) is 4.98 Å². The van der Waals surface area contributed by atoms with E-state index in [0.29, 0.717) is 11.8 Å². The molecule has 2 fully saturated rings. The molecule has 3 rings (SSSR count). The van der Waals surface area contributed by atoms with Crippen LogP contribution in [0.25, 0.3) is 0 Å². The van der Waals surface area contributed by atoms with Gasteiger partial charge >= 0.3 is 0 Å². The van der Waals surface area contributed by atoms with Gasteiger partial charge in [0.15, 0.2) is 0 Å². The van der Waals surface area contributed by atoms with Gasteiger partial charge in [0, 0.05) is 41.5 Å². The second kappa shape index (κ2) is 10.6. The van der Waals surface area contributed by atoms with E-state index < -0.39 is 10.8 Å². The molecule has 5 nitrogen and oxygen atoms in total. The standard InChI is InChI=1S/C23H31N3O2S/c1-4-24-22(10-9-20(6-5-18(2)3)29(27)21-7-8-21)19-11-12-25-23(17-19)26-13-15-28-16-14-26/h5-6,9-12,17,21H,4,7-8,13-16H2,1-3H3/b10-9+,20-6+,24-22?. The van der Waals surface area contributed by atoms with Crippen molar-refractivity contribution >= 4 is 22.3 Å². The first-order chi connectivity index (χ1) is 14.1. The molecule has 0 amide bonds. The molecule has 1 aliphatic heterocycles. The molecule has 2 aliphatic rings. The first-order valence-electron chi connectivity index (χ1n) is 10.4. The summed E-state index contributed by atoms with van der Waals surface area (Å²) in [5.41, 5.74) is 3.11. The summed E-state index contributed by atoms with van der Waals surface area (Å²) >= 11 is 0. The summed E-state index contributed by atoms with van der Waals surface area (Å²) in [6.45, 7) is 9.97. The maximum atomic E-state index is 12.8. The number of hydrogen-bond acceptors (Lipinski definition) is 5. The fourth-order valence-electron chi connectivity index (χ4n) is 3.03. The molecule has 156 valence electrons. The first-order valence-corrected chi connectivity index (χ1v) is 11.6. The Morgan fingerprint density at radius 1 is 1.28 bits per heavy atom. The van der Waals surface area contributed by atoms with E-state index in [9.17, 15) is 4.21 Å². The third-order valence-corrected chi connectivity index (χ3v) is 6.56. The predicted octanol–water partition coefficient (Wildman–Crippen LogP) is 4.04. The van der Waals surface area contributed by atoms with E-state index in [1.54, 1.807) is 0 Å². The molecule has 1 unspecified atom stereocenters. The van der Waals surface area contributed by atoms with Crippen molar-refractivity contribution in [3.63, 3.8) is 0 Å². The Kier molecular flexibility index (Phi) is 7.95. The molecule has 0 spiro atoms. The number of aromatic nitrogens is 1. The Labute approximate surface area is 176 Å². The molecule has 1 atom stereocenters. The van der Waals surface area contributed by atoms with Crippen LogP contribution in [-0.4, -0.2) is 53.0 Å². The minimum Gasteiger partial charge on any atom is -0.378 e. The van der Waals surface area contributed by atoms with Crippen molar-refractivity contribution in [2.45, 2.75) is 38.9 Å². The second-order valence-corrected chi connectivity index (χ2v) is 9.24. The molecule has 0 bridgehead atoms. The van der Waals surface area contributed by atoms with Crippen LogP contribution in [0.2, 0.25) is 0 Å². The summed E-state index contributed by atoms with van der Waals surface area (Å²) in [5.74, 6) is 0.949. The molecule has 1 saturated carbocycles. The smallest absolute Gasteiger partial charge is 0.129 e. The monoisotopic (exact) mass is 413 g/mol. The van der Waals surface area contributed by atoms with E-state index in [0.717, 1.165) is 61.1 Å². The number of rotatable bonds is 8. The lowest BCUT2D eigenvalue weighted by Crippen LogP contribution is -2.36. The van der Waals surface area contributed by atoms with Gasteiger partial charge in [-0.2, -0.15) is 0 Å². The van der Waals surface area contributed by atoms with Crippen molar-refractivity contribution in [2.75, 3.05) is 37.7 Å². The number of hydrogen-bond donors (Lipinski definition) is 0. The molecular formula is C23H31N3O2S. The van der Waals surface area contributed by atoms with Gasteiger partial charge < -0.3 is 9.64 Å². The lowest BCUT2D eigenvalue weighted by Gasteiger charge is -2.28. The maximum Gasteiger partial charge on any atom is 0.129 e. The summed E-state index contributed by atoms with van der Waals surface area (Å²) in [5, 5.41) is 0.303. The van der Waals surface area contributed by atoms with Crippen molar-refractivity contribution in [2.24, 2.45) is 4.99 Å². The van der Waals surface area contributed by atoms with Gasteiger partial charge in [-0.15, -0.1) is 0 Å². The largest absolute Gasteiger partial charge is 0.378 e. The van der Waals surface area contributed by atoms with Crippen LogP contribution in [0.1, 0.15) is 39.2 Å². The molecule has 29 heavy (non-hydrogen) atoms. The number of nitrogens with zero attached hydrogens (tertiary/aromatic N) is 3. The zero-order valence-electron chi connectivity index (χ0n) is 17.6. The Hall–Kier alpha value is -2.05. The van der Waals surface area contributed by atoms with E-state index in [-0.39, 0.29) is 0 Å². The molecule has 0 N–H and O–H groups in total. The second-order valence-electron chi connectivity index (χ2n) is 7.50. The van der Waals surface area contributed by atoms with Crippen molar-refractivity contribution in [3.05, 3.63) is 58.7 Å². The highest BCUT2D eigenvalue weighted by Crippen LogP contribution is 2.30. The Bertz CT molecular complexity index is 843. The van der Waals surface area contributed by atoms with Gasteiger partial charge in [-0.3, -0.25) is 9.20 Å². The molecule has 1 saturated heterocycles. The van der Waals surface area contributed by atoms with E-state index in [1.165, 1.54) is 5.57 Å². The number of pyridine rings is 1. The van der Waals surface area contributed by atoms with Crippen LogP contribution in [0.15, 0.2) is 58.1 Å². The van der Waals surface area contributed by atoms with E-state index in [2.05, 4.69) is 20.9 Å². The van der Waals surface area contributed by atoms with E-state index in [4.69, 9.17) is 4.74 Å². The molecule has 1 aromatic rings. The molecule has 1 aromatic heterocycles. The minimum atomic E-state index is -0.960. The van der Waals surface area contributed by atoms with E-state index >= 15 is 0 Å². The van der Waals surface area contributed by atoms with Gasteiger partial charge in [0.2, 0.25) is 0 Å². The lowest BCUT2D eigenvalue weighted by molar-refractivity contribution is 0.122. The van der Waals surface area contributed by atoms with Crippen LogP contribution >= 0.6 is 0 Å². The van der Waals surface area contributed by atoms with Crippen LogP contribution in [0, 0.1) is 0 Å². The van der Waals surface area contributed by atoms with Gasteiger partial charge in [-0.1, -0.05) is 11.6 Å². The first kappa shape index (κ1) is 21.7. The van der Waals surface area contributed by atoms with Gasteiger partial charge in [0.05, 0.1) is 29.7 Å². The van der Waals surface area contributed by atoms with E-state index in [1.807, 2.05) is 57.3 Å². The van der Waals surface area contributed by atoms with Crippen molar-refractivity contribution in [3.8, 4) is 0 Å². The SMILES string of the molecule is CCN=C(/C=C/C(=C\C=C(C)C)S(=O)C1CC1)c1ccnc(N2CCOCC2)c1. The summed E-state index contributed by atoms with van der Waals surface area (Å²) in [6, 6.07) is 4.07. The summed E-state index contributed by atoms with van der Waals surface area (Å²) < 4.78 is 18.2. The average molecular weight is 414 g/mol. The van der Waals surface area contributed by atoms with Crippen LogP contribution < -0.4 is 4.90 Å². The van der Waals surface area contributed by atoms with Gasteiger partial charge in [-0.05, 0) is 64.0 Å². The summed E-state index contributed by atoms with van der Waals surface area (Å²) in [7, 11) is -0.960. The number of allylic oxidation sites excluding steroid dienone is 5. The highest BCUT2D eigenvalue weighted by atomic mass is 32.2. The zero-order valence-corrected chi connectivity index (χ0v) is 18.5. The van der Waals surface area contributed by atoms with Crippen LogP contribution in [-0.2, 0) is 15.5 Å². The Morgan fingerprint density at radius 3 is 2.69 bits per heavy atom. The summed E-state index contributed by atoms with van der Waals surface area (Å²) in [6.07, 6.45) is 11.9. The Morgan fingerprint density at radius 2 is 2.03 bits per heavy atom. The topological polar surface area (TPSA) is 54.8 Å². The van der Waals surface area contributed by atoms with Crippen molar-refractivity contribution in [1.82, 2.24) is 4.98 Å². The molecule has 2 heterocycles. The normalized spacial score (nSPS) is 19.5. The molecule has 6 heteroatoms. The maximum absolute atomic E-state index is 12.8. The number of morpholine rings is 1. The lowest BCUT2D eigenvalue weighted by atomic mass is 10.1. The van der Waals surface area contributed by atoms with Crippen LogP contribution in [0.5, 0.6) is 0 Å². The predicted molar refractivity (Wildman–Crippen MR) is 122 cm³/mol. The van der Waals surface area contributed by atoms with Crippen molar-refractivity contribution in [1.29, 1.82) is 0 Å². The fraction of sp³-hybridized carbons (Fsp3) is 0.478. The van der Waals surface area contributed by atoms with Crippen molar-refractivity contribution < 1.29 is 8.95 Å². The number of ether oxygens (including phenoxy) is 1. The number of anilines is 1. The third-order valence-electron chi connectivity index (χ3n) is 4.75. The molecular weight excluding hydrogens is 382 g/mol. The van der Waals surface area contributed by atoms with Gasteiger partial charge in [0.1, 0.15) is 5.82 Å². The van der Waals surface area contributed by atoms with Crippen LogP contribution in [0.4, 0.5) is 5.82 Å². The quantitative estimate of drug-likeness (QED) is 0.477. The van der Waals surface area contributed by atoms with Gasteiger partial charge in [0.25, 0.3) is 0 Å². The van der Waals surface area contributed by atoms with Crippen LogP contribution in [0.3, 0.4) is 0 Å². The molecule has 1 aliphatic carbocycles. The Balaban J connectivity index is 1.85. The number of aliphatic imine (C=N–C) groups is 1.